The monoisotopic (exact) mass is 379 g/mol. The van der Waals surface area contributed by atoms with Crippen molar-refractivity contribution in [3.63, 3.8) is 0 Å². The van der Waals surface area contributed by atoms with E-state index >= 15 is 0 Å². The van der Waals surface area contributed by atoms with Crippen LogP contribution in [0.3, 0.4) is 0 Å². The van der Waals surface area contributed by atoms with E-state index in [0.29, 0.717) is 28.8 Å². The molecule has 2 N–H and O–H groups in total. The Kier molecular flexibility index (Phi) is 5.78. The Labute approximate surface area is 162 Å². The number of ether oxygens (including phenoxy) is 1. The molecule has 3 aromatic rings. The number of amides is 1. The summed E-state index contributed by atoms with van der Waals surface area (Å²) in [5.41, 5.74) is 3.53. The maximum atomic E-state index is 12.7. The Morgan fingerprint density at radius 3 is 2.82 bits per heavy atom. The fourth-order valence-electron chi connectivity index (χ4n) is 2.95. The third-order valence-electron chi connectivity index (χ3n) is 4.25. The summed E-state index contributed by atoms with van der Waals surface area (Å²) in [5, 5.41) is 9.77. The fraction of sp³-hybridized carbons (Fsp3) is 0.250. The van der Waals surface area contributed by atoms with Crippen molar-refractivity contribution in [1.82, 2.24) is 25.5 Å². The summed E-state index contributed by atoms with van der Waals surface area (Å²) >= 11 is 0. The van der Waals surface area contributed by atoms with Crippen LogP contribution in [0.1, 0.15) is 39.2 Å². The summed E-state index contributed by atoms with van der Waals surface area (Å²) in [5.74, 6) is -0.745. The number of aromatic nitrogens is 4. The number of rotatable bonds is 6. The maximum Gasteiger partial charge on any atom is 0.359 e. The lowest BCUT2D eigenvalue weighted by Crippen LogP contribution is -2.34. The van der Waals surface area contributed by atoms with E-state index in [4.69, 9.17) is 4.74 Å². The summed E-state index contributed by atoms with van der Waals surface area (Å²) in [4.78, 5) is 32.9. The van der Waals surface area contributed by atoms with Crippen LogP contribution in [-0.2, 0) is 11.2 Å². The molecule has 0 fully saturated rings. The molecule has 144 valence electrons. The number of hydrogen-bond donors (Lipinski definition) is 2. The Bertz CT molecular complexity index is 985. The van der Waals surface area contributed by atoms with E-state index in [1.54, 1.807) is 36.8 Å². The minimum Gasteiger partial charge on any atom is -0.464 e. The van der Waals surface area contributed by atoms with Gasteiger partial charge >= 0.3 is 5.97 Å². The number of H-pyrrole nitrogens is 1. The lowest BCUT2D eigenvalue weighted by molar-refractivity contribution is 0.0594. The molecule has 0 unspecified atom stereocenters. The molecular formula is C20H21N5O3. The number of benzene rings is 1. The number of aryl methyl sites for hydroxylation is 1. The summed E-state index contributed by atoms with van der Waals surface area (Å²) in [6, 6.07) is 6.93. The largest absolute Gasteiger partial charge is 0.464 e. The lowest BCUT2D eigenvalue weighted by Gasteiger charge is -2.14. The zero-order chi connectivity index (χ0) is 20.1. The van der Waals surface area contributed by atoms with Gasteiger partial charge in [-0.25, -0.2) is 4.79 Å². The predicted octanol–water partition coefficient (Wildman–Crippen LogP) is 2.32. The van der Waals surface area contributed by atoms with Gasteiger partial charge in [-0.15, -0.1) is 0 Å². The Hall–Kier alpha value is -3.55. The van der Waals surface area contributed by atoms with Gasteiger partial charge in [-0.2, -0.15) is 5.10 Å². The molecule has 8 nitrogen and oxygen atoms in total. The first-order valence-corrected chi connectivity index (χ1v) is 8.79. The molecule has 0 aliphatic heterocycles. The Balaban J connectivity index is 1.79. The predicted molar refractivity (Wildman–Crippen MR) is 103 cm³/mol. The molecule has 2 heterocycles. The molecular weight excluding hydrogens is 358 g/mol. The minimum absolute atomic E-state index is 0.117. The molecule has 0 saturated heterocycles. The molecule has 28 heavy (non-hydrogen) atoms. The van der Waals surface area contributed by atoms with Crippen molar-refractivity contribution in [2.24, 2.45) is 0 Å². The van der Waals surface area contributed by atoms with E-state index in [-0.39, 0.29) is 17.6 Å². The molecule has 2 aromatic heterocycles. The highest BCUT2D eigenvalue weighted by molar-refractivity contribution is 5.99. The van der Waals surface area contributed by atoms with Gasteiger partial charge in [0.05, 0.1) is 12.8 Å². The van der Waals surface area contributed by atoms with Gasteiger partial charge in [-0.1, -0.05) is 12.1 Å². The first kappa shape index (κ1) is 19.2. The average Bonchev–Trinajstić information content (AvgIpc) is 3.09. The lowest BCUT2D eigenvalue weighted by atomic mass is 10.0. The van der Waals surface area contributed by atoms with Gasteiger partial charge in [0.1, 0.15) is 0 Å². The fourth-order valence-corrected chi connectivity index (χ4v) is 2.95. The van der Waals surface area contributed by atoms with Crippen LogP contribution >= 0.6 is 0 Å². The summed E-state index contributed by atoms with van der Waals surface area (Å²) in [7, 11) is 1.30. The van der Waals surface area contributed by atoms with Gasteiger partial charge in [-0.05, 0) is 31.5 Å². The number of aromatic amines is 1. The smallest absolute Gasteiger partial charge is 0.359 e. The highest BCUT2D eigenvalue weighted by Gasteiger charge is 2.20. The van der Waals surface area contributed by atoms with Crippen LogP contribution in [0.15, 0.2) is 42.9 Å². The number of hydrogen-bond acceptors (Lipinski definition) is 6. The van der Waals surface area contributed by atoms with E-state index in [9.17, 15) is 9.59 Å². The van der Waals surface area contributed by atoms with Gasteiger partial charge in [-0.3, -0.25) is 19.9 Å². The Morgan fingerprint density at radius 1 is 1.29 bits per heavy atom. The number of nitrogens with zero attached hydrogens (tertiary/aromatic N) is 3. The number of carbonyl (C=O) groups excluding carboxylic acids is 2. The molecule has 0 spiro atoms. The molecule has 1 amide bonds. The van der Waals surface area contributed by atoms with Crippen LogP contribution < -0.4 is 5.32 Å². The van der Waals surface area contributed by atoms with Crippen molar-refractivity contribution in [3.8, 4) is 11.1 Å². The first-order valence-electron chi connectivity index (χ1n) is 8.79. The van der Waals surface area contributed by atoms with Gasteiger partial charge in [0.2, 0.25) is 0 Å². The van der Waals surface area contributed by atoms with Crippen LogP contribution in [0, 0.1) is 6.92 Å². The molecule has 0 aliphatic carbocycles. The SMILES string of the molecule is COC(=O)c1n[nH]c(C)c1-c1cccc(C(=O)N[C@H](C)Cc2cnccn2)c1. The zero-order valence-electron chi connectivity index (χ0n) is 15.9. The number of methoxy groups -OCH3 is 1. The Morgan fingerprint density at radius 2 is 2.11 bits per heavy atom. The maximum absolute atomic E-state index is 12.7. The highest BCUT2D eigenvalue weighted by Crippen LogP contribution is 2.27. The van der Waals surface area contributed by atoms with Gasteiger partial charge < -0.3 is 10.1 Å². The minimum atomic E-state index is -0.535. The van der Waals surface area contributed by atoms with E-state index in [0.717, 1.165) is 5.69 Å². The molecule has 0 aliphatic rings. The van der Waals surface area contributed by atoms with E-state index in [2.05, 4.69) is 25.5 Å². The van der Waals surface area contributed by atoms with Crippen LogP contribution in [0.4, 0.5) is 0 Å². The van der Waals surface area contributed by atoms with Crippen LogP contribution in [0.5, 0.6) is 0 Å². The standard InChI is InChI=1S/C20H21N5O3/c1-12(9-16-11-21-7-8-22-16)23-19(26)15-6-4-5-14(10-15)17-13(2)24-25-18(17)20(27)28-3/h4-8,10-12H,9H2,1-3H3,(H,23,26)(H,24,25)/t12-/m1/s1. The molecule has 3 rings (SSSR count). The molecule has 8 heteroatoms. The average molecular weight is 379 g/mol. The van der Waals surface area contributed by atoms with E-state index in [1.165, 1.54) is 7.11 Å². The summed E-state index contributed by atoms with van der Waals surface area (Å²) in [6.07, 6.45) is 5.49. The quantitative estimate of drug-likeness (QED) is 0.636. The van der Waals surface area contributed by atoms with Crippen molar-refractivity contribution < 1.29 is 14.3 Å². The normalized spacial score (nSPS) is 11.7. The van der Waals surface area contributed by atoms with Crippen molar-refractivity contribution >= 4 is 11.9 Å². The number of carbonyl (C=O) groups is 2. The summed E-state index contributed by atoms with van der Waals surface area (Å²) in [6.45, 7) is 3.72. The van der Waals surface area contributed by atoms with Gasteiger partial charge in [0.25, 0.3) is 5.91 Å². The van der Waals surface area contributed by atoms with Gasteiger partial charge in [0, 0.05) is 47.9 Å². The second-order valence-electron chi connectivity index (χ2n) is 6.42. The zero-order valence-corrected chi connectivity index (χ0v) is 15.9. The third kappa shape index (κ3) is 4.22. The van der Waals surface area contributed by atoms with Crippen molar-refractivity contribution in [2.75, 3.05) is 7.11 Å². The number of esters is 1. The molecule has 0 saturated carbocycles. The molecule has 1 atom stereocenters. The second-order valence-corrected chi connectivity index (χ2v) is 6.42. The van der Waals surface area contributed by atoms with Gasteiger partial charge in [0.15, 0.2) is 5.69 Å². The van der Waals surface area contributed by atoms with Crippen LogP contribution in [0.25, 0.3) is 11.1 Å². The van der Waals surface area contributed by atoms with Crippen molar-refractivity contribution in [1.29, 1.82) is 0 Å². The highest BCUT2D eigenvalue weighted by atomic mass is 16.5. The van der Waals surface area contributed by atoms with E-state index < -0.39 is 5.97 Å². The number of nitrogens with one attached hydrogen (secondary N) is 2. The van der Waals surface area contributed by atoms with Crippen molar-refractivity contribution in [2.45, 2.75) is 26.3 Å². The summed E-state index contributed by atoms with van der Waals surface area (Å²) < 4.78 is 4.79. The second kappa shape index (κ2) is 8.43. The van der Waals surface area contributed by atoms with Crippen LogP contribution in [0.2, 0.25) is 0 Å². The first-order chi connectivity index (χ1) is 13.5. The topological polar surface area (TPSA) is 110 Å². The van der Waals surface area contributed by atoms with Crippen LogP contribution in [-0.4, -0.2) is 45.2 Å². The van der Waals surface area contributed by atoms with Crippen molar-refractivity contribution in [3.05, 3.63) is 65.5 Å². The molecule has 1 aromatic carbocycles. The molecule has 0 radical (unpaired) electrons. The third-order valence-corrected chi connectivity index (χ3v) is 4.25. The molecule has 0 bridgehead atoms. The van der Waals surface area contributed by atoms with E-state index in [1.807, 2.05) is 19.9 Å².